The molecule has 1 aromatic rings. The van der Waals surface area contributed by atoms with E-state index in [2.05, 4.69) is 47.4 Å². The summed E-state index contributed by atoms with van der Waals surface area (Å²) in [5, 5.41) is 6.49. The molecular weight excluding hydrogens is 391 g/mol. The summed E-state index contributed by atoms with van der Waals surface area (Å²) >= 11 is 0. The van der Waals surface area contributed by atoms with Gasteiger partial charge in [-0.3, -0.25) is 9.98 Å². The minimum Gasteiger partial charge on any atom is -0.380 e. The molecule has 0 aromatic carbocycles. The molecule has 0 fully saturated rings. The maximum atomic E-state index is 5.56. The molecule has 0 aliphatic heterocycles. The zero-order valence-electron chi connectivity index (χ0n) is 14.1. The van der Waals surface area contributed by atoms with E-state index in [1.54, 1.807) is 7.05 Å². The van der Waals surface area contributed by atoms with Crippen molar-refractivity contribution in [2.45, 2.75) is 33.7 Å². The molecule has 126 valence electrons. The normalized spacial score (nSPS) is 11.2. The second-order valence-electron chi connectivity index (χ2n) is 5.41. The van der Waals surface area contributed by atoms with Gasteiger partial charge >= 0.3 is 0 Å². The van der Waals surface area contributed by atoms with Gasteiger partial charge < -0.3 is 15.4 Å². The van der Waals surface area contributed by atoms with Crippen LogP contribution in [0.1, 0.15) is 31.5 Å². The molecule has 0 bridgehead atoms. The Balaban J connectivity index is 0.00000441. The molecule has 1 heterocycles. The number of nitrogens with zero attached hydrogens (tertiary/aromatic N) is 2. The van der Waals surface area contributed by atoms with Gasteiger partial charge in [0.2, 0.25) is 0 Å². The van der Waals surface area contributed by atoms with Gasteiger partial charge in [-0.1, -0.05) is 19.9 Å². The monoisotopic (exact) mass is 420 g/mol. The van der Waals surface area contributed by atoms with Crippen LogP contribution in [-0.2, 0) is 11.3 Å². The highest BCUT2D eigenvalue weighted by atomic mass is 127. The summed E-state index contributed by atoms with van der Waals surface area (Å²) in [5.41, 5.74) is 2.21. The Hall–Kier alpha value is -0.890. The molecule has 0 aliphatic carbocycles. The maximum Gasteiger partial charge on any atom is 0.191 e. The number of ether oxygens (including phenoxy) is 1. The molecule has 0 atom stereocenters. The number of aryl methyl sites for hydroxylation is 1. The summed E-state index contributed by atoms with van der Waals surface area (Å²) in [5.74, 6) is 1.46. The van der Waals surface area contributed by atoms with Crippen molar-refractivity contribution in [2.24, 2.45) is 10.9 Å². The van der Waals surface area contributed by atoms with E-state index in [1.807, 2.05) is 12.3 Å². The maximum absolute atomic E-state index is 5.56. The number of aromatic nitrogens is 1. The quantitative estimate of drug-likeness (QED) is 0.294. The summed E-state index contributed by atoms with van der Waals surface area (Å²) in [7, 11) is 1.76. The SMILES string of the molecule is CN=C(NCCOCCC(C)C)NCc1ncccc1C.I. The van der Waals surface area contributed by atoms with Crippen molar-refractivity contribution in [3.05, 3.63) is 29.6 Å². The Labute approximate surface area is 151 Å². The molecule has 0 unspecified atom stereocenters. The molecule has 22 heavy (non-hydrogen) atoms. The number of hydrogen-bond donors (Lipinski definition) is 2. The minimum atomic E-state index is 0. The van der Waals surface area contributed by atoms with Gasteiger partial charge in [0.1, 0.15) is 0 Å². The second kappa shape index (κ2) is 12.6. The van der Waals surface area contributed by atoms with Crippen LogP contribution < -0.4 is 10.6 Å². The van der Waals surface area contributed by atoms with E-state index < -0.39 is 0 Å². The van der Waals surface area contributed by atoms with Crippen molar-refractivity contribution in [2.75, 3.05) is 26.8 Å². The van der Waals surface area contributed by atoms with Crippen LogP contribution in [0.15, 0.2) is 23.3 Å². The van der Waals surface area contributed by atoms with Crippen LogP contribution in [0.5, 0.6) is 0 Å². The topological polar surface area (TPSA) is 58.5 Å². The fourth-order valence-electron chi connectivity index (χ4n) is 1.75. The number of nitrogens with one attached hydrogen (secondary N) is 2. The fraction of sp³-hybridized carbons (Fsp3) is 0.625. The highest BCUT2D eigenvalue weighted by Gasteiger charge is 2.01. The Morgan fingerprint density at radius 1 is 1.32 bits per heavy atom. The number of rotatable bonds is 8. The first-order chi connectivity index (χ1) is 10.1. The molecule has 0 aliphatic rings. The van der Waals surface area contributed by atoms with Crippen LogP contribution in [0, 0.1) is 12.8 Å². The summed E-state index contributed by atoms with van der Waals surface area (Å²) in [4.78, 5) is 8.54. The zero-order chi connectivity index (χ0) is 15.5. The highest BCUT2D eigenvalue weighted by molar-refractivity contribution is 14.0. The van der Waals surface area contributed by atoms with Gasteiger partial charge in [0.15, 0.2) is 5.96 Å². The Morgan fingerprint density at radius 3 is 2.73 bits per heavy atom. The molecular formula is C16H29IN4O. The van der Waals surface area contributed by atoms with Gasteiger partial charge in [-0.05, 0) is 30.9 Å². The lowest BCUT2D eigenvalue weighted by Gasteiger charge is -2.13. The van der Waals surface area contributed by atoms with Gasteiger partial charge in [-0.25, -0.2) is 0 Å². The lowest BCUT2D eigenvalue weighted by Crippen LogP contribution is -2.38. The summed E-state index contributed by atoms with van der Waals surface area (Å²) in [6, 6.07) is 4.00. The molecule has 0 saturated carbocycles. The van der Waals surface area contributed by atoms with Gasteiger partial charge in [-0.15, -0.1) is 24.0 Å². The molecule has 1 aromatic heterocycles. The zero-order valence-corrected chi connectivity index (χ0v) is 16.4. The Bertz CT molecular complexity index is 438. The van der Waals surface area contributed by atoms with Crippen LogP contribution in [-0.4, -0.2) is 37.7 Å². The third-order valence-electron chi connectivity index (χ3n) is 3.14. The molecule has 1 rings (SSSR count). The highest BCUT2D eigenvalue weighted by Crippen LogP contribution is 2.02. The first-order valence-electron chi connectivity index (χ1n) is 7.56. The molecule has 5 nitrogen and oxygen atoms in total. The number of halogens is 1. The van der Waals surface area contributed by atoms with Crippen molar-refractivity contribution < 1.29 is 4.74 Å². The second-order valence-corrected chi connectivity index (χ2v) is 5.41. The number of guanidine groups is 1. The van der Waals surface area contributed by atoms with Gasteiger partial charge in [0, 0.05) is 26.4 Å². The van der Waals surface area contributed by atoms with Crippen molar-refractivity contribution in [3.63, 3.8) is 0 Å². The van der Waals surface area contributed by atoms with Crippen molar-refractivity contribution in [3.8, 4) is 0 Å². The van der Waals surface area contributed by atoms with Crippen LogP contribution >= 0.6 is 24.0 Å². The Morgan fingerprint density at radius 2 is 2.09 bits per heavy atom. The van der Waals surface area contributed by atoms with Crippen LogP contribution in [0.2, 0.25) is 0 Å². The van der Waals surface area contributed by atoms with E-state index in [0.717, 1.165) is 31.2 Å². The van der Waals surface area contributed by atoms with E-state index in [1.165, 1.54) is 5.56 Å². The van der Waals surface area contributed by atoms with Crippen molar-refractivity contribution in [1.82, 2.24) is 15.6 Å². The molecule has 2 N–H and O–H groups in total. The lowest BCUT2D eigenvalue weighted by atomic mass is 10.1. The van der Waals surface area contributed by atoms with Crippen LogP contribution in [0.3, 0.4) is 0 Å². The van der Waals surface area contributed by atoms with Crippen molar-refractivity contribution >= 4 is 29.9 Å². The van der Waals surface area contributed by atoms with E-state index in [4.69, 9.17) is 4.74 Å². The summed E-state index contributed by atoms with van der Waals surface area (Å²) in [6.07, 6.45) is 2.91. The largest absolute Gasteiger partial charge is 0.380 e. The van der Waals surface area contributed by atoms with Gasteiger partial charge in [-0.2, -0.15) is 0 Å². The van der Waals surface area contributed by atoms with Crippen molar-refractivity contribution in [1.29, 1.82) is 0 Å². The molecule has 0 spiro atoms. The first-order valence-corrected chi connectivity index (χ1v) is 7.56. The molecule has 0 saturated heterocycles. The summed E-state index contributed by atoms with van der Waals surface area (Å²) < 4.78 is 5.56. The fourth-order valence-corrected chi connectivity index (χ4v) is 1.75. The van der Waals surface area contributed by atoms with Crippen LogP contribution in [0.4, 0.5) is 0 Å². The molecule has 0 amide bonds. The van der Waals surface area contributed by atoms with E-state index >= 15 is 0 Å². The third-order valence-corrected chi connectivity index (χ3v) is 3.14. The predicted molar refractivity (Wildman–Crippen MR) is 103 cm³/mol. The standard InChI is InChI=1S/C16H28N4O.HI/c1-13(2)7-10-21-11-9-19-16(17-4)20-12-15-14(3)6-5-8-18-15;/h5-6,8,13H,7,9-12H2,1-4H3,(H2,17,19,20);1H. The van der Waals surface area contributed by atoms with Gasteiger partial charge in [0.05, 0.1) is 18.8 Å². The van der Waals surface area contributed by atoms with E-state index in [-0.39, 0.29) is 24.0 Å². The molecule has 0 radical (unpaired) electrons. The Kier molecular flexibility index (Phi) is 12.1. The minimum absolute atomic E-state index is 0. The smallest absolute Gasteiger partial charge is 0.191 e. The predicted octanol–water partition coefficient (Wildman–Crippen LogP) is 2.74. The molecule has 6 heteroatoms. The van der Waals surface area contributed by atoms with Crippen LogP contribution in [0.25, 0.3) is 0 Å². The lowest BCUT2D eigenvalue weighted by molar-refractivity contribution is 0.128. The number of hydrogen-bond acceptors (Lipinski definition) is 3. The summed E-state index contributed by atoms with van der Waals surface area (Å²) in [6.45, 7) is 9.39. The average molecular weight is 420 g/mol. The van der Waals surface area contributed by atoms with E-state index in [9.17, 15) is 0 Å². The van der Waals surface area contributed by atoms with Gasteiger partial charge in [0.25, 0.3) is 0 Å². The number of pyridine rings is 1. The first kappa shape index (κ1) is 21.1. The van der Waals surface area contributed by atoms with E-state index in [0.29, 0.717) is 19.1 Å². The number of aliphatic imine (C=N–C) groups is 1. The third kappa shape index (κ3) is 9.19. The average Bonchev–Trinajstić information content (AvgIpc) is 2.47.